The van der Waals surface area contributed by atoms with Crippen molar-refractivity contribution in [2.45, 2.75) is 26.3 Å². The van der Waals surface area contributed by atoms with Crippen molar-refractivity contribution in [2.24, 2.45) is 0 Å². The lowest BCUT2D eigenvalue weighted by Gasteiger charge is -2.21. The van der Waals surface area contributed by atoms with Crippen LogP contribution in [0.1, 0.15) is 29.7 Å². The normalized spacial score (nSPS) is 12.4. The summed E-state index contributed by atoms with van der Waals surface area (Å²) in [6.45, 7) is 4.85. The first-order chi connectivity index (χ1) is 10.0. The van der Waals surface area contributed by atoms with E-state index in [0.29, 0.717) is 0 Å². The molecule has 2 rings (SSSR count). The first-order valence-corrected chi connectivity index (χ1v) is 8.11. The van der Waals surface area contributed by atoms with Gasteiger partial charge in [0.1, 0.15) is 5.82 Å². The zero-order valence-corrected chi connectivity index (χ0v) is 14.4. The third-order valence-corrected chi connectivity index (χ3v) is 4.34. The largest absolute Gasteiger partial charge is 0.310 e. The molecule has 1 N–H and O–H groups in total. The van der Waals surface area contributed by atoms with Crippen LogP contribution in [0.15, 0.2) is 40.9 Å². The van der Waals surface area contributed by atoms with Gasteiger partial charge in [-0.1, -0.05) is 46.6 Å². The molecule has 0 spiro atoms. The molecule has 0 aliphatic heterocycles. The Kier molecular flexibility index (Phi) is 5.80. The molecule has 1 unspecified atom stereocenters. The van der Waals surface area contributed by atoms with E-state index in [9.17, 15) is 4.39 Å². The molecule has 0 amide bonds. The minimum absolute atomic E-state index is 0.111. The Morgan fingerprint density at radius 1 is 1.24 bits per heavy atom. The molecule has 0 bridgehead atoms. The molecule has 0 radical (unpaired) electrons. The van der Waals surface area contributed by atoms with Crippen LogP contribution in [0.2, 0.25) is 5.02 Å². The van der Waals surface area contributed by atoms with E-state index in [-0.39, 0.29) is 11.9 Å². The molecule has 21 heavy (non-hydrogen) atoms. The molecule has 112 valence electrons. The zero-order valence-electron chi connectivity index (χ0n) is 12.1. The van der Waals surface area contributed by atoms with Gasteiger partial charge in [0.05, 0.1) is 0 Å². The van der Waals surface area contributed by atoms with Crippen LogP contribution in [-0.2, 0) is 6.42 Å². The predicted octanol–water partition coefficient (Wildman–Crippen LogP) is 5.44. The average Bonchev–Trinajstić information content (AvgIpc) is 2.41. The van der Waals surface area contributed by atoms with Crippen LogP contribution in [-0.4, -0.2) is 6.54 Å². The second-order valence-corrected chi connectivity index (χ2v) is 6.37. The van der Waals surface area contributed by atoms with Gasteiger partial charge in [-0.25, -0.2) is 4.39 Å². The fourth-order valence-electron chi connectivity index (χ4n) is 2.43. The number of benzene rings is 2. The maximum Gasteiger partial charge on any atom is 0.123 e. The van der Waals surface area contributed by atoms with E-state index >= 15 is 0 Å². The van der Waals surface area contributed by atoms with Gasteiger partial charge in [-0.2, -0.15) is 0 Å². The molecule has 4 heteroatoms. The highest BCUT2D eigenvalue weighted by Gasteiger charge is 2.16. The van der Waals surface area contributed by atoms with E-state index in [1.54, 1.807) is 6.07 Å². The minimum atomic E-state index is -0.196. The number of likely N-dealkylation sites (N-methyl/N-ethyl adjacent to an activating group) is 1. The monoisotopic (exact) mass is 369 g/mol. The molecule has 0 saturated carbocycles. The Bertz CT molecular complexity index is 630. The summed E-state index contributed by atoms with van der Waals surface area (Å²) >= 11 is 9.79. The SMILES string of the molecule is CCNC(Cc1ccc(F)cc1C)c1ccc(Br)cc1Cl. The summed E-state index contributed by atoms with van der Waals surface area (Å²) in [5, 5.41) is 4.19. The molecule has 2 aromatic carbocycles. The van der Waals surface area contributed by atoms with E-state index in [2.05, 4.69) is 28.2 Å². The summed E-state index contributed by atoms with van der Waals surface area (Å²) < 4.78 is 14.2. The number of halogens is 3. The van der Waals surface area contributed by atoms with Gasteiger partial charge in [-0.3, -0.25) is 0 Å². The Hall–Kier alpha value is -0.900. The molecular weight excluding hydrogens is 353 g/mol. The summed E-state index contributed by atoms with van der Waals surface area (Å²) in [4.78, 5) is 0. The fourth-order valence-corrected chi connectivity index (χ4v) is 3.24. The average molecular weight is 371 g/mol. The number of aryl methyl sites for hydroxylation is 1. The first-order valence-electron chi connectivity index (χ1n) is 6.94. The molecule has 2 aromatic rings. The van der Waals surface area contributed by atoms with Crippen molar-refractivity contribution >= 4 is 27.5 Å². The number of rotatable bonds is 5. The van der Waals surface area contributed by atoms with Crippen LogP contribution in [0.25, 0.3) is 0 Å². The van der Waals surface area contributed by atoms with Gasteiger partial charge in [0.25, 0.3) is 0 Å². The highest BCUT2D eigenvalue weighted by atomic mass is 79.9. The molecule has 0 aliphatic rings. The van der Waals surface area contributed by atoms with E-state index in [4.69, 9.17) is 11.6 Å². The topological polar surface area (TPSA) is 12.0 Å². The Labute approximate surface area is 138 Å². The van der Waals surface area contributed by atoms with Crippen molar-refractivity contribution < 1.29 is 4.39 Å². The quantitative estimate of drug-likeness (QED) is 0.738. The van der Waals surface area contributed by atoms with Gasteiger partial charge in [-0.15, -0.1) is 0 Å². The van der Waals surface area contributed by atoms with Crippen LogP contribution in [0.3, 0.4) is 0 Å². The second kappa shape index (κ2) is 7.39. The lowest BCUT2D eigenvalue weighted by atomic mass is 9.96. The van der Waals surface area contributed by atoms with Crippen molar-refractivity contribution in [1.29, 1.82) is 0 Å². The first kappa shape index (κ1) is 16.5. The Morgan fingerprint density at radius 3 is 2.62 bits per heavy atom. The van der Waals surface area contributed by atoms with Crippen LogP contribution in [0.5, 0.6) is 0 Å². The smallest absolute Gasteiger partial charge is 0.123 e. The van der Waals surface area contributed by atoms with Gasteiger partial charge in [0.2, 0.25) is 0 Å². The Balaban J connectivity index is 2.30. The van der Waals surface area contributed by atoms with Crippen molar-refractivity contribution in [3.8, 4) is 0 Å². The molecule has 0 aromatic heterocycles. The second-order valence-electron chi connectivity index (χ2n) is 5.05. The molecule has 0 aliphatic carbocycles. The van der Waals surface area contributed by atoms with Crippen LogP contribution >= 0.6 is 27.5 Å². The maximum absolute atomic E-state index is 13.2. The zero-order chi connectivity index (χ0) is 15.4. The summed E-state index contributed by atoms with van der Waals surface area (Å²) in [6.07, 6.45) is 0.779. The molecule has 1 atom stereocenters. The van der Waals surface area contributed by atoms with Crippen molar-refractivity contribution in [3.05, 3.63) is 68.4 Å². The third kappa shape index (κ3) is 4.29. The third-order valence-electron chi connectivity index (χ3n) is 3.52. The van der Waals surface area contributed by atoms with Gasteiger partial charge in [0, 0.05) is 15.5 Å². The van der Waals surface area contributed by atoms with E-state index < -0.39 is 0 Å². The van der Waals surface area contributed by atoms with E-state index in [1.807, 2.05) is 31.2 Å². The van der Waals surface area contributed by atoms with Crippen molar-refractivity contribution in [1.82, 2.24) is 5.32 Å². The molecule has 0 fully saturated rings. The molecule has 0 saturated heterocycles. The fraction of sp³-hybridized carbons (Fsp3) is 0.294. The van der Waals surface area contributed by atoms with E-state index in [0.717, 1.165) is 39.2 Å². The van der Waals surface area contributed by atoms with Gasteiger partial charge in [0.15, 0.2) is 0 Å². The van der Waals surface area contributed by atoms with Crippen molar-refractivity contribution in [2.75, 3.05) is 6.54 Å². The van der Waals surface area contributed by atoms with Gasteiger partial charge in [-0.05, 0) is 60.8 Å². The molecule has 0 heterocycles. The van der Waals surface area contributed by atoms with Crippen LogP contribution < -0.4 is 5.32 Å². The number of nitrogens with one attached hydrogen (secondary N) is 1. The van der Waals surface area contributed by atoms with Crippen molar-refractivity contribution in [3.63, 3.8) is 0 Å². The molecular formula is C17H18BrClFN. The summed E-state index contributed by atoms with van der Waals surface area (Å²) in [5.41, 5.74) is 3.15. The lowest BCUT2D eigenvalue weighted by Crippen LogP contribution is -2.23. The number of hydrogen-bond acceptors (Lipinski definition) is 1. The lowest BCUT2D eigenvalue weighted by molar-refractivity contribution is 0.547. The predicted molar refractivity (Wildman–Crippen MR) is 90.4 cm³/mol. The summed E-state index contributed by atoms with van der Waals surface area (Å²) in [6, 6.07) is 11.0. The summed E-state index contributed by atoms with van der Waals surface area (Å²) in [7, 11) is 0. The minimum Gasteiger partial charge on any atom is -0.310 e. The Morgan fingerprint density at radius 2 is 2.00 bits per heavy atom. The van der Waals surface area contributed by atoms with E-state index in [1.165, 1.54) is 6.07 Å². The maximum atomic E-state index is 13.2. The molecule has 1 nitrogen and oxygen atoms in total. The van der Waals surface area contributed by atoms with Crippen LogP contribution in [0.4, 0.5) is 4.39 Å². The summed E-state index contributed by atoms with van der Waals surface area (Å²) in [5.74, 6) is -0.196. The van der Waals surface area contributed by atoms with Gasteiger partial charge >= 0.3 is 0 Å². The van der Waals surface area contributed by atoms with Gasteiger partial charge < -0.3 is 5.32 Å². The number of hydrogen-bond donors (Lipinski definition) is 1. The highest BCUT2D eigenvalue weighted by Crippen LogP contribution is 2.29. The standard InChI is InChI=1S/C17H18BrClFN/c1-3-21-17(15-7-5-13(18)10-16(15)19)9-12-4-6-14(20)8-11(12)2/h4-8,10,17,21H,3,9H2,1-2H3. The highest BCUT2D eigenvalue weighted by molar-refractivity contribution is 9.10. The van der Waals surface area contributed by atoms with Crippen LogP contribution in [0, 0.1) is 12.7 Å².